The second kappa shape index (κ2) is 10.9. The number of hydrogen-bond acceptors (Lipinski definition) is 6. The fourth-order valence-corrected chi connectivity index (χ4v) is 4.45. The van der Waals surface area contributed by atoms with Crippen LogP contribution in [0, 0.1) is 5.92 Å². The molecule has 2 aromatic rings. The molecule has 4 N–H and O–H groups in total. The lowest BCUT2D eigenvalue weighted by Crippen LogP contribution is -2.45. The van der Waals surface area contributed by atoms with E-state index in [4.69, 9.17) is 10.5 Å². The number of primary amides is 1. The van der Waals surface area contributed by atoms with Crippen molar-refractivity contribution in [1.29, 1.82) is 0 Å². The lowest BCUT2D eigenvalue weighted by atomic mass is 9.98. The predicted octanol–water partition coefficient (Wildman–Crippen LogP) is 2.60. The van der Waals surface area contributed by atoms with Gasteiger partial charge in [-0.3, -0.25) is 9.78 Å². The molecule has 8 heteroatoms. The number of ether oxygens (including phenoxy) is 1. The van der Waals surface area contributed by atoms with Crippen LogP contribution in [0.3, 0.4) is 0 Å². The van der Waals surface area contributed by atoms with E-state index in [0.717, 1.165) is 43.2 Å². The van der Waals surface area contributed by atoms with E-state index in [1.54, 1.807) is 6.07 Å². The molecule has 1 aromatic carbocycles. The number of anilines is 1. The first-order valence-electron chi connectivity index (χ1n) is 11.8. The highest BCUT2D eigenvalue weighted by atomic mass is 19.1. The third kappa shape index (κ3) is 6.42. The van der Waals surface area contributed by atoms with Gasteiger partial charge in [-0.15, -0.1) is 0 Å². The number of pyridine rings is 1. The van der Waals surface area contributed by atoms with E-state index in [-0.39, 0.29) is 11.6 Å². The molecule has 2 aliphatic rings. The highest BCUT2D eigenvalue weighted by molar-refractivity contribution is 5.98. The molecule has 2 atom stereocenters. The van der Waals surface area contributed by atoms with Crippen molar-refractivity contribution < 1.29 is 13.9 Å². The predicted molar refractivity (Wildman–Crippen MR) is 128 cm³/mol. The maximum absolute atomic E-state index is 14.3. The van der Waals surface area contributed by atoms with Crippen LogP contribution in [0.4, 0.5) is 10.1 Å². The van der Waals surface area contributed by atoms with E-state index in [9.17, 15) is 9.18 Å². The molecule has 0 unspecified atom stereocenters. The van der Waals surface area contributed by atoms with Crippen LogP contribution in [0.15, 0.2) is 36.5 Å². The Balaban J connectivity index is 1.38. The highest BCUT2D eigenvalue weighted by Crippen LogP contribution is 2.23. The number of likely N-dealkylation sites (tertiary alicyclic amines) is 1. The molecule has 0 aliphatic carbocycles. The topological polar surface area (TPSA) is 92.5 Å². The number of aromatic nitrogens is 1. The summed E-state index contributed by atoms with van der Waals surface area (Å²) in [4.78, 5) is 18.6. The van der Waals surface area contributed by atoms with Gasteiger partial charge in [-0.25, -0.2) is 4.39 Å². The number of piperidine rings is 2. The van der Waals surface area contributed by atoms with E-state index >= 15 is 0 Å². The minimum Gasteiger partial charge on any atom is -0.493 e. The summed E-state index contributed by atoms with van der Waals surface area (Å²) in [6.07, 6.45) is 4.03. The average Bonchev–Trinajstić information content (AvgIpc) is 2.81. The standard InChI is InChI=1S/C25H34FN5O2/c1-31-10-7-18(8-11-31)16-33-20-4-2-17(3-5-20)12-19-13-24(21(14-29-19)25(27)32)30-23-6-9-28-15-22(23)26/h2-5,13-14,18,22-23,28H,6-12,15-16H2,1H3,(H2,27,32)(H,29,30)/t22-,23+/m0/s1. The van der Waals surface area contributed by atoms with Crippen LogP contribution < -0.4 is 21.1 Å². The van der Waals surface area contributed by atoms with Crippen LogP contribution in [-0.4, -0.2) is 67.8 Å². The molecule has 0 saturated carbocycles. The van der Waals surface area contributed by atoms with Crippen molar-refractivity contribution in [2.45, 2.75) is 37.9 Å². The highest BCUT2D eigenvalue weighted by Gasteiger charge is 2.25. The zero-order valence-corrected chi connectivity index (χ0v) is 19.2. The molecule has 0 bridgehead atoms. The summed E-state index contributed by atoms with van der Waals surface area (Å²) in [5.74, 6) is 0.910. The van der Waals surface area contributed by atoms with E-state index in [1.807, 2.05) is 24.3 Å². The van der Waals surface area contributed by atoms with Gasteiger partial charge in [0.25, 0.3) is 5.91 Å². The van der Waals surface area contributed by atoms with Gasteiger partial charge in [-0.2, -0.15) is 0 Å². The number of alkyl halides is 1. The van der Waals surface area contributed by atoms with E-state index in [1.165, 1.54) is 19.0 Å². The lowest BCUT2D eigenvalue weighted by Gasteiger charge is -2.29. The Hall–Kier alpha value is -2.71. The summed E-state index contributed by atoms with van der Waals surface area (Å²) in [5, 5.41) is 6.22. The molecule has 3 heterocycles. The number of carbonyl (C=O) groups is 1. The number of hydrogen-bond donors (Lipinski definition) is 3. The number of nitrogens with two attached hydrogens (primary N) is 1. The van der Waals surface area contributed by atoms with Crippen LogP contribution in [0.1, 0.15) is 40.9 Å². The van der Waals surface area contributed by atoms with Gasteiger partial charge in [0.2, 0.25) is 0 Å². The largest absolute Gasteiger partial charge is 0.493 e. The van der Waals surface area contributed by atoms with Crippen molar-refractivity contribution in [1.82, 2.24) is 15.2 Å². The van der Waals surface area contributed by atoms with Gasteiger partial charge in [0.15, 0.2) is 0 Å². The molecule has 4 rings (SSSR count). The Labute approximate surface area is 194 Å². The third-order valence-corrected chi connectivity index (χ3v) is 6.61. The van der Waals surface area contributed by atoms with Crippen LogP contribution in [0.5, 0.6) is 5.75 Å². The van der Waals surface area contributed by atoms with E-state index in [0.29, 0.717) is 31.0 Å². The molecular formula is C25H34FN5O2. The summed E-state index contributed by atoms with van der Waals surface area (Å²) in [6.45, 7) is 4.05. The van der Waals surface area contributed by atoms with Crippen LogP contribution in [-0.2, 0) is 6.42 Å². The Kier molecular flexibility index (Phi) is 7.77. The number of carbonyl (C=O) groups excluding carboxylic acids is 1. The molecule has 1 amide bonds. The van der Waals surface area contributed by atoms with Gasteiger partial charge in [-0.05, 0) is 75.6 Å². The van der Waals surface area contributed by atoms with Crippen LogP contribution in [0.25, 0.3) is 0 Å². The molecule has 1 aromatic heterocycles. The quantitative estimate of drug-likeness (QED) is 0.567. The Morgan fingerprint density at radius 3 is 2.73 bits per heavy atom. The van der Waals surface area contributed by atoms with Gasteiger partial charge >= 0.3 is 0 Å². The molecule has 2 aliphatic heterocycles. The fourth-order valence-electron chi connectivity index (χ4n) is 4.45. The third-order valence-electron chi connectivity index (χ3n) is 6.61. The second-order valence-corrected chi connectivity index (χ2v) is 9.22. The molecular weight excluding hydrogens is 421 g/mol. The second-order valence-electron chi connectivity index (χ2n) is 9.22. The van der Waals surface area contributed by atoms with Crippen molar-refractivity contribution in [2.75, 3.05) is 45.2 Å². The van der Waals surface area contributed by atoms with Gasteiger partial charge < -0.3 is 26.0 Å². The fraction of sp³-hybridized carbons (Fsp3) is 0.520. The van der Waals surface area contributed by atoms with Crippen molar-refractivity contribution >= 4 is 11.6 Å². The normalized spacial score (nSPS) is 22.1. The van der Waals surface area contributed by atoms with Crippen molar-refractivity contribution in [3.63, 3.8) is 0 Å². The summed E-state index contributed by atoms with van der Waals surface area (Å²) >= 11 is 0. The van der Waals surface area contributed by atoms with Crippen molar-refractivity contribution in [2.24, 2.45) is 11.7 Å². The molecule has 7 nitrogen and oxygen atoms in total. The van der Waals surface area contributed by atoms with E-state index in [2.05, 4.69) is 27.6 Å². The first kappa shape index (κ1) is 23.4. The Bertz CT molecular complexity index is 931. The number of nitrogens with zero attached hydrogens (tertiary/aromatic N) is 2. The summed E-state index contributed by atoms with van der Waals surface area (Å²) in [5.41, 5.74) is 8.21. The van der Waals surface area contributed by atoms with Gasteiger partial charge in [0, 0.05) is 24.9 Å². The van der Waals surface area contributed by atoms with Gasteiger partial charge in [0.05, 0.1) is 23.9 Å². The molecule has 0 radical (unpaired) electrons. The maximum Gasteiger partial charge on any atom is 0.252 e. The maximum atomic E-state index is 14.3. The number of amides is 1. The average molecular weight is 456 g/mol. The van der Waals surface area contributed by atoms with Gasteiger partial charge in [0.1, 0.15) is 11.9 Å². The van der Waals surface area contributed by atoms with Crippen molar-refractivity contribution in [3.05, 3.63) is 53.3 Å². The Morgan fingerprint density at radius 1 is 1.27 bits per heavy atom. The monoisotopic (exact) mass is 455 g/mol. The lowest BCUT2D eigenvalue weighted by molar-refractivity contribution is 0.100. The van der Waals surface area contributed by atoms with Crippen LogP contribution in [0.2, 0.25) is 0 Å². The smallest absolute Gasteiger partial charge is 0.252 e. The Morgan fingerprint density at radius 2 is 2.03 bits per heavy atom. The van der Waals surface area contributed by atoms with Crippen molar-refractivity contribution in [3.8, 4) is 5.75 Å². The molecule has 2 saturated heterocycles. The first-order chi connectivity index (χ1) is 16.0. The molecule has 178 valence electrons. The number of rotatable bonds is 8. The number of benzene rings is 1. The van der Waals surface area contributed by atoms with E-state index < -0.39 is 12.1 Å². The summed E-state index contributed by atoms with van der Waals surface area (Å²) < 4.78 is 20.3. The molecule has 2 fully saturated rings. The van der Waals surface area contributed by atoms with Gasteiger partial charge in [-0.1, -0.05) is 12.1 Å². The minimum atomic E-state index is -1.03. The first-order valence-corrected chi connectivity index (χ1v) is 11.8. The zero-order chi connectivity index (χ0) is 23.2. The molecule has 0 spiro atoms. The number of nitrogens with one attached hydrogen (secondary N) is 2. The zero-order valence-electron chi connectivity index (χ0n) is 19.2. The molecule has 33 heavy (non-hydrogen) atoms. The minimum absolute atomic E-state index is 0.280. The SMILES string of the molecule is CN1CCC(COc2ccc(Cc3cc(N[C@@H]4CCNC[C@@H]4F)c(C(N)=O)cn3)cc2)CC1. The van der Waals surface area contributed by atoms with Crippen LogP contribution >= 0.6 is 0 Å². The summed E-state index contributed by atoms with van der Waals surface area (Å²) in [6, 6.07) is 9.49. The summed E-state index contributed by atoms with van der Waals surface area (Å²) in [7, 11) is 2.16. The number of halogens is 1.